The van der Waals surface area contributed by atoms with Gasteiger partial charge in [0, 0.05) is 11.1 Å². The maximum Gasteiger partial charge on any atom is 0.457 e. The molecule has 0 aromatic heterocycles. The highest BCUT2D eigenvalue weighted by Crippen LogP contribution is 2.54. The predicted octanol–water partition coefficient (Wildman–Crippen LogP) is 9.09. The van der Waals surface area contributed by atoms with Gasteiger partial charge in [-0.3, -0.25) is 9.59 Å². The van der Waals surface area contributed by atoms with Gasteiger partial charge in [-0.05, 0) is 62.4 Å². The van der Waals surface area contributed by atoms with Crippen molar-refractivity contribution in [2.45, 2.75) is 31.6 Å². The standard InChI is InChI=1S/C31H22F6O4/c1-19(38)25-7-3-5-9-27(25)40-23-15-11-21(12-16-23)29(32,30(33,34)31(35,36)37)22-13-17-24(18-14-22)41-28-10-6-4-8-26(28)20(2)39/h3-18H,1-2H3. The van der Waals surface area contributed by atoms with E-state index in [1.807, 2.05) is 0 Å². The van der Waals surface area contributed by atoms with Gasteiger partial charge in [0.2, 0.25) is 5.67 Å². The Hall–Kier alpha value is -4.60. The molecule has 0 amide bonds. The number of hydrogen-bond acceptors (Lipinski definition) is 4. The monoisotopic (exact) mass is 572 g/mol. The second-order valence-corrected chi connectivity index (χ2v) is 9.09. The third-order valence-corrected chi connectivity index (χ3v) is 6.28. The molecule has 0 unspecified atom stereocenters. The molecule has 0 N–H and O–H groups in total. The van der Waals surface area contributed by atoms with Crippen molar-refractivity contribution in [3.05, 3.63) is 119 Å². The van der Waals surface area contributed by atoms with Gasteiger partial charge in [0.25, 0.3) is 0 Å². The van der Waals surface area contributed by atoms with Crippen LogP contribution in [0.2, 0.25) is 0 Å². The molecule has 0 saturated carbocycles. The summed E-state index contributed by atoms with van der Waals surface area (Å²) in [5.41, 5.74) is -5.87. The largest absolute Gasteiger partial charge is 0.457 e. The lowest BCUT2D eigenvalue weighted by atomic mass is 9.82. The van der Waals surface area contributed by atoms with Crippen LogP contribution in [0.25, 0.3) is 0 Å². The Balaban J connectivity index is 1.71. The molecule has 0 aliphatic carbocycles. The quantitative estimate of drug-likeness (QED) is 0.148. The first-order valence-corrected chi connectivity index (χ1v) is 12.2. The van der Waals surface area contributed by atoms with Crippen LogP contribution in [0.1, 0.15) is 45.7 Å². The molecule has 212 valence electrons. The van der Waals surface area contributed by atoms with E-state index in [0.29, 0.717) is 0 Å². The van der Waals surface area contributed by atoms with Gasteiger partial charge in [0.05, 0.1) is 11.1 Å². The summed E-state index contributed by atoms with van der Waals surface area (Å²) >= 11 is 0. The number of carbonyl (C=O) groups excluding carboxylic acids is 2. The maximum absolute atomic E-state index is 16.3. The molecule has 0 aliphatic rings. The molecular formula is C31H22F6O4. The molecule has 4 nitrogen and oxygen atoms in total. The first-order chi connectivity index (χ1) is 19.3. The minimum atomic E-state index is -6.24. The molecule has 4 aromatic rings. The highest BCUT2D eigenvalue weighted by atomic mass is 19.4. The normalized spacial score (nSPS) is 12.1. The molecule has 0 atom stereocenters. The van der Waals surface area contributed by atoms with Gasteiger partial charge in [0.1, 0.15) is 23.0 Å². The molecule has 0 spiro atoms. The van der Waals surface area contributed by atoms with Gasteiger partial charge in [-0.15, -0.1) is 0 Å². The zero-order valence-electron chi connectivity index (χ0n) is 21.6. The van der Waals surface area contributed by atoms with Crippen molar-refractivity contribution in [2.24, 2.45) is 0 Å². The Kier molecular flexibility index (Phi) is 7.96. The van der Waals surface area contributed by atoms with E-state index < -0.39 is 28.9 Å². The number of para-hydroxylation sites is 2. The number of alkyl halides is 6. The molecule has 0 bridgehead atoms. The van der Waals surface area contributed by atoms with Gasteiger partial charge in [-0.25, -0.2) is 4.39 Å². The van der Waals surface area contributed by atoms with Crippen molar-refractivity contribution < 1.29 is 45.4 Å². The summed E-state index contributed by atoms with van der Waals surface area (Å²) in [6.07, 6.45) is -6.24. The molecule has 10 heteroatoms. The van der Waals surface area contributed by atoms with Gasteiger partial charge < -0.3 is 9.47 Å². The van der Waals surface area contributed by atoms with E-state index in [4.69, 9.17) is 9.47 Å². The minimum absolute atomic E-state index is 0.0204. The topological polar surface area (TPSA) is 52.6 Å². The number of carbonyl (C=O) groups is 2. The lowest BCUT2D eigenvalue weighted by molar-refractivity contribution is -0.323. The Morgan fingerprint density at radius 2 is 0.878 bits per heavy atom. The van der Waals surface area contributed by atoms with Crippen LogP contribution in [0.5, 0.6) is 23.0 Å². The van der Waals surface area contributed by atoms with E-state index in [1.54, 1.807) is 24.3 Å². The van der Waals surface area contributed by atoms with Gasteiger partial charge >= 0.3 is 12.1 Å². The smallest absolute Gasteiger partial charge is 0.457 e. The van der Waals surface area contributed by atoms with E-state index in [9.17, 15) is 31.5 Å². The SMILES string of the molecule is CC(=O)c1ccccc1Oc1ccc(C(F)(c2ccc(Oc3ccccc3C(C)=O)cc2)C(F)(F)C(F)(F)F)cc1. The highest BCUT2D eigenvalue weighted by Gasteiger charge is 2.72. The zero-order valence-corrected chi connectivity index (χ0v) is 21.6. The molecule has 0 fully saturated rings. The van der Waals surface area contributed by atoms with Crippen LogP contribution in [0.15, 0.2) is 97.1 Å². The highest BCUT2D eigenvalue weighted by molar-refractivity contribution is 5.97. The lowest BCUT2D eigenvalue weighted by Crippen LogP contribution is -2.53. The summed E-state index contributed by atoms with van der Waals surface area (Å²) in [7, 11) is 0. The Morgan fingerprint density at radius 1 is 0.537 bits per heavy atom. The number of halogens is 6. The minimum Gasteiger partial charge on any atom is -0.457 e. The molecule has 4 rings (SSSR count). The number of rotatable bonds is 9. The molecule has 0 radical (unpaired) electrons. The summed E-state index contributed by atoms with van der Waals surface area (Å²) in [4.78, 5) is 23.7. The molecule has 4 aromatic carbocycles. The number of ketones is 2. The molecule has 41 heavy (non-hydrogen) atoms. The first-order valence-electron chi connectivity index (χ1n) is 12.2. The van der Waals surface area contributed by atoms with Crippen LogP contribution in [0, 0.1) is 0 Å². The third-order valence-electron chi connectivity index (χ3n) is 6.28. The van der Waals surface area contributed by atoms with E-state index in [-0.39, 0.29) is 45.7 Å². The molecule has 0 saturated heterocycles. The van der Waals surface area contributed by atoms with Crippen LogP contribution >= 0.6 is 0 Å². The summed E-state index contributed by atoms with van der Waals surface area (Å²) in [5.74, 6) is -6.26. The molecule has 0 aliphatic heterocycles. The van der Waals surface area contributed by atoms with Crippen molar-refractivity contribution in [3.8, 4) is 23.0 Å². The third kappa shape index (κ3) is 5.68. The fraction of sp³-hybridized carbons (Fsp3) is 0.161. The Bertz CT molecular complexity index is 1460. The maximum atomic E-state index is 16.3. The Morgan fingerprint density at radius 3 is 1.20 bits per heavy atom. The van der Waals surface area contributed by atoms with Crippen molar-refractivity contribution >= 4 is 11.6 Å². The van der Waals surface area contributed by atoms with Gasteiger partial charge in [0.15, 0.2) is 11.6 Å². The summed E-state index contributed by atoms with van der Waals surface area (Å²) < 4.78 is 98.0. The van der Waals surface area contributed by atoms with Gasteiger partial charge in [-0.2, -0.15) is 22.0 Å². The predicted molar refractivity (Wildman–Crippen MR) is 139 cm³/mol. The number of benzene rings is 4. The van der Waals surface area contributed by atoms with E-state index in [2.05, 4.69) is 0 Å². The molecular weight excluding hydrogens is 550 g/mol. The van der Waals surface area contributed by atoms with Crippen molar-refractivity contribution in [3.63, 3.8) is 0 Å². The number of hydrogen-bond donors (Lipinski definition) is 0. The number of ether oxygens (including phenoxy) is 2. The summed E-state index contributed by atoms with van der Waals surface area (Å²) in [5, 5.41) is 0. The van der Waals surface area contributed by atoms with E-state index in [1.165, 1.54) is 38.1 Å². The fourth-order valence-corrected chi connectivity index (χ4v) is 4.18. The summed E-state index contributed by atoms with van der Waals surface area (Å²) in [6.45, 7) is 2.61. The fourth-order valence-electron chi connectivity index (χ4n) is 4.18. The van der Waals surface area contributed by atoms with E-state index >= 15 is 4.39 Å². The average Bonchev–Trinajstić information content (AvgIpc) is 2.93. The van der Waals surface area contributed by atoms with Gasteiger partial charge in [-0.1, -0.05) is 48.5 Å². The first kappa shape index (κ1) is 29.4. The van der Waals surface area contributed by atoms with E-state index in [0.717, 1.165) is 48.5 Å². The second-order valence-electron chi connectivity index (χ2n) is 9.09. The van der Waals surface area contributed by atoms with Crippen molar-refractivity contribution in [1.29, 1.82) is 0 Å². The van der Waals surface area contributed by atoms with Crippen LogP contribution in [-0.4, -0.2) is 23.7 Å². The van der Waals surface area contributed by atoms with Crippen molar-refractivity contribution in [2.75, 3.05) is 0 Å². The van der Waals surface area contributed by atoms with Crippen LogP contribution < -0.4 is 9.47 Å². The van der Waals surface area contributed by atoms with Crippen molar-refractivity contribution in [1.82, 2.24) is 0 Å². The van der Waals surface area contributed by atoms with Crippen LogP contribution in [0.4, 0.5) is 26.3 Å². The van der Waals surface area contributed by atoms with Crippen LogP contribution in [0.3, 0.4) is 0 Å². The van der Waals surface area contributed by atoms with Crippen LogP contribution in [-0.2, 0) is 5.67 Å². The second kappa shape index (κ2) is 11.1. The average molecular weight is 573 g/mol. The lowest BCUT2D eigenvalue weighted by Gasteiger charge is -2.35. The zero-order chi connectivity index (χ0) is 30.0. The summed E-state index contributed by atoms with van der Waals surface area (Å²) in [6, 6.07) is 19.5. The Labute approximate surface area is 231 Å². The molecule has 0 heterocycles. The number of Topliss-reactive ketones (excluding diaryl/α,β-unsaturated/α-hetero) is 2.